The van der Waals surface area contributed by atoms with Crippen molar-refractivity contribution < 1.29 is 9.53 Å². The summed E-state index contributed by atoms with van der Waals surface area (Å²) < 4.78 is 8.34. The zero-order valence-electron chi connectivity index (χ0n) is 20.0. The minimum atomic E-state index is -0.141. The number of nitrogens with zero attached hydrogens (tertiary/aromatic N) is 3. The average Bonchev–Trinajstić information content (AvgIpc) is 3.21. The number of hydrogen-bond acceptors (Lipinski definition) is 4. The predicted molar refractivity (Wildman–Crippen MR) is 135 cm³/mol. The van der Waals surface area contributed by atoms with Gasteiger partial charge in [-0.2, -0.15) is 0 Å². The van der Waals surface area contributed by atoms with Gasteiger partial charge in [-0.15, -0.1) is 0 Å². The van der Waals surface area contributed by atoms with E-state index in [9.17, 15) is 4.79 Å². The summed E-state index contributed by atoms with van der Waals surface area (Å²) in [5.41, 5.74) is 5.00. The molecule has 176 valence electrons. The average molecular weight is 457 g/mol. The van der Waals surface area contributed by atoms with Gasteiger partial charge >= 0.3 is 0 Å². The van der Waals surface area contributed by atoms with Gasteiger partial charge in [-0.1, -0.05) is 30.3 Å². The fraction of sp³-hybridized carbons (Fsp3) is 0.321. The van der Waals surface area contributed by atoms with Crippen molar-refractivity contribution in [1.29, 1.82) is 0 Å². The lowest BCUT2D eigenvalue weighted by molar-refractivity contribution is 0.0948. The van der Waals surface area contributed by atoms with E-state index in [4.69, 9.17) is 9.72 Å². The highest BCUT2D eigenvalue weighted by Crippen LogP contribution is 2.20. The van der Waals surface area contributed by atoms with E-state index in [0.29, 0.717) is 18.8 Å². The summed E-state index contributed by atoms with van der Waals surface area (Å²) in [6.07, 6.45) is 5.23. The van der Waals surface area contributed by atoms with Crippen LogP contribution in [0.5, 0.6) is 5.75 Å². The Hall–Kier alpha value is -3.67. The Bertz CT molecular complexity index is 1230. The summed E-state index contributed by atoms with van der Waals surface area (Å²) in [4.78, 5) is 21.2. The fourth-order valence-corrected chi connectivity index (χ4v) is 4.02. The fourth-order valence-electron chi connectivity index (χ4n) is 4.02. The van der Waals surface area contributed by atoms with Gasteiger partial charge in [0.15, 0.2) is 0 Å². The largest absolute Gasteiger partial charge is 0.493 e. The maximum Gasteiger partial charge on any atom is 0.269 e. The first kappa shape index (κ1) is 23.5. The van der Waals surface area contributed by atoms with Gasteiger partial charge in [0.25, 0.3) is 5.91 Å². The molecule has 6 nitrogen and oxygen atoms in total. The van der Waals surface area contributed by atoms with Gasteiger partial charge < -0.3 is 14.6 Å². The summed E-state index contributed by atoms with van der Waals surface area (Å²) in [7, 11) is 0. The normalized spacial score (nSPS) is 11.0. The first-order valence-corrected chi connectivity index (χ1v) is 12.0. The number of fused-ring (bicyclic) bond motifs is 1. The van der Waals surface area contributed by atoms with Crippen LogP contribution < -0.4 is 10.1 Å². The van der Waals surface area contributed by atoms with Gasteiger partial charge in [-0.3, -0.25) is 9.78 Å². The van der Waals surface area contributed by atoms with E-state index in [0.717, 1.165) is 54.8 Å². The number of amides is 1. The van der Waals surface area contributed by atoms with Crippen molar-refractivity contribution in [3.05, 3.63) is 89.5 Å². The van der Waals surface area contributed by atoms with Crippen LogP contribution in [-0.2, 0) is 13.0 Å². The molecule has 2 aromatic carbocycles. The molecule has 0 spiro atoms. The highest BCUT2D eigenvalue weighted by Gasteiger charge is 2.11. The van der Waals surface area contributed by atoms with Crippen LogP contribution in [0.1, 0.15) is 46.7 Å². The van der Waals surface area contributed by atoms with Crippen LogP contribution in [-0.4, -0.2) is 33.6 Å². The molecule has 0 atom stereocenters. The number of imidazole rings is 1. The number of hydrogen-bond donors (Lipinski definition) is 1. The number of carbonyl (C=O) groups excluding carboxylic acids is 1. The Morgan fingerprint density at radius 3 is 2.71 bits per heavy atom. The van der Waals surface area contributed by atoms with Gasteiger partial charge in [0.2, 0.25) is 0 Å². The molecule has 0 saturated carbocycles. The molecular formula is C28H32N4O2. The maximum absolute atomic E-state index is 12.2. The zero-order chi connectivity index (χ0) is 23.8. The van der Waals surface area contributed by atoms with Crippen molar-refractivity contribution in [3.63, 3.8) is 0 Å². The Balaban J connectivity index is 1.30. The number of rotatable bonds is 11. The number of carbonyl (C=O) groups is 1. The highest BCUT2D eigenvalue weighted by molar-refractivity contribution is 5.92. The second-order valence-corrected chi connectivity index (χ2v) is 8.57. The zero-order valence-corrected chi connectivity index (χ0v) is 20.0. The number of benzene rings is 2. The maximum atomic E-state index is 12.2. The summed E-state index contributed by atoms with van der Waals surface area (Å²) >= 11 is 0. The van der Waals surface area contributed by atoms with Crippen molar-refractivity contribution in [2.24, 2.45) is 0 Å². The molecule has 0 radical (unpaired) electrons. The smallest absolute Gasteiger partial charge is 0.269 e. The summed E-state index contributed by atoms with van der Waals surface area (Å²) in [6, 6.07) is 19.9. The molecule has 0 saturated heterocycles. The van der Waals surface area contributed by atoms with Crippen molar-refractivity contribution >= 4 is 16.9 Å². The van der Waals surface area contributed by atoms with E-state index < -0.39 is 0 Å². The van der Waals surface area contributed by atoms with Gasteiger partial charge in [-0.05, 0) is 74.6 Å². The van der Waals surface area contributed by atoms with Crippen molar-refractivity contribution in [2.45, 2.75) is 46.1 Å². The van der Waals surface area contributed by atoms with E-state index in [1.165, 1.54) is 11.1 Å². The topological polar surface area (TPSA) is 69.0 Å². The SMILES string of the molecule is Cc1ccc(C)c(OCCCCn2c(CCCNC(=O)c3ccccn3)nc3ccccc32)c1. The monoisotopic (exact) mass is 456 g/mol. The standard InChI is InChI=1S/C28H32N4O2/c1-21-14-15-22(2)26(20-21)34-19-8-7-18-32-25-12-4-3-10-23(25)31-27(32)13-9-17-30-28(33)24-11-5-6-16-29-24/h3-6,10-12,14-16,20H,7-9,13,17-19H2,1-2H3,(H,30,33). The molecule has 2 aromatic heterocycles. The molecule has 34 heavy (non-hydrogen) atoms. The van der Waals surface area contributed by atoms with Crippen molar-refractivity contribution in [2.75, 3.05) is 13.2 Å². The molecule has 0 aliphatic rings. The lowest BCUT2D eigenvalue weighted by Gasteiger charge is -2.12. The van der Waals surface area contributed by atoms with Crippen LogP contribution in [0.2, 0.25) is 0 Å². The van der Waals surface area contributed by atoms with Gasteiger partial charge in [0, 0.05) is 25.7 Å². The molecule has 1 amide bonds. The highest BCUT2D eigenvalue weighted by atomic mass is 16.5. The van der Waals surface area contributed by atoms with Crippen LogP contribution >= 0.6 is 0 Å². The first-order valence-electron chi connectivity index (χ1n) is 12.0. The van der Waals surface area contributed by atoms with Crippen LogP contribution in [0.25, 0.3) is 11.0 Å². The second kappa shape index (κ2) is 11.5. The van der Waals surface area contributed by atoms with E-state index in [-0.39, 0.29) is 5.91 Å². The van der Waals surface area contributed by atoms with Crippen LogP contribution in [0.3, 0.4) is 0 Å². The number of aryl methyl sites for hydroxylation is 4. The lowest BCUT2D eigenvalue weighted by Crippen LogP contribution is -2.25. The van der Waals surface area contributed by atoms with Gasteiger partial charge in [-0.25, -0.2) is 4.98 Å². The number of nitrogens with one attached hydrogen (secondary N) is 1. The molecule has 0 aliphatic heterocycles. The Labute approximate surface area is 201 Å². The van der Waals surface area contributed by atoms with Crippen molar-refractivity contribution in [1.82, 2.24) is 19.9 Å². The van der Waals surface area contributed by atoms with Crippen molar-refractivity contribution in [3.8, 4) is 5.75 Å². The lowest BCUT2D eigenvalue weighted by atomic mass is 10.1. The van der Waals surface area contributed by atoms with E-state index >= 15 is 0 Å². The molecule has 1 N–H and O–H groups in total. The first-order chi connectivity index (χ1) is 16.6. The van der Waals surface area contributed by atoms with E-state index in [1.807, 2.05) is 12.1 Å². The molecule has 0 unspecified atom stereocenters. The van der Waals surface area contributed by atoms with Crippen LogP contribution in [0.4, 0.5) is 0 Å². The number of aromatic nitrogens is 3. The molecule has 2 heterocycles. The minimum absolute atomic E-state index is 0.141. The third kappa shape index (κ3) is 6.01. The van der Waals surface area contributed by atoms with Crippen LogP contribution in [0.15, 0.2) is 66.9 Å². The summed E-state index contributed by atoms with van der Waals surface area (Å²) in [6.45, 7) is 6.35. The van der Waals surface area contributed by atoms with E-state index in [1.54, 1.807) is 18.3 Å². The Morgan fingerprint density at radius 1 is 1.00 bits per heavy atom. The summed E-state index contributed by atoms with van der Waals surface area (Å²) in [5, 5.41) is 2.95. The molecule has 6 heteroatoms. The van der Waals surface area contributed by atoms with E-state index in [2.05, 4.69) is 65.1 Å². The second-order valence-electron chi connectivity index (χ2n) is 8.57. The van der Waals surface area contributed by atoms with Crippen LogP contribution in [0, 0.1) is 13.8 Å². The number of pyridine rings is 1. The molecular weight excluding hydrogens is 424 g/mol. The predicted octanol–water partition coefficient (Wildman–Crippen LogP) is 5.27. The Kier molecular flexibility index (Phi) is 7.91. The van der Waals surface area contributed by atoms with Gasteiger partial charge in [0.1, 0.15) is 17.3 Å². The number of para-hydroxylation sites is 2. The summed E-state index contributed by atoms with van der Waals surface area (Å²) in [5.74, 6) is 1.89. The third-order valence-electron chi connectivity index (χ3n) is 5.87. The molecule has 0 aliphatic carbocycles. The number of ether oxygens (including phenoxy) is 1. The van der Waals surface area contributed by atoms with Gasteiger partial charge in [0.05, 0.1) is 17.6 Å². The Morgan fingerprint density at radius 2 is 1.85 bits per heavy atom. The number of unbranched alkanes of at least 4 members (excludes halogenated alkanes) is 1. The molecule has 4 aromatic rings. The third-order valence-corrected chi connectivity index (χ3v) is 5.87. The molecule has 0 bridgehead atoms. The molecule has 4 rings (SSSR count). The molecule has 0 fully saturated rings. The minimum Gasteiger partial charge on any atom is -0.493 e. The quantitative estimate of drug-likeness (QED) is 0.312.